The van der Waals surface area contributed by atoms with Crippen LogP contribution in [0.4, 0.5) is 0 Å². The van der Waals surface area contributed by atoms with E-state index in [1.54, 1.807) is 7.05 Å². The molecule has 0 aliphatic carbocycles. The van der Waals surface area contributed by atoms with Gasteiger partial charge in [-0.05, 0) is 26.7 Å². The lowest BCUT2D eigenvalue weighted by atomic mass is 10.00. The van der Waals surface area contributed by atoms with Gasteiger partial charge in [-0.1, -0.05) is 0 Å². The molecule has 1 heterocycles. The Bertz CT molecular complexity index is 317. The second kappa shape index (κ2) is 6.86. The summed E-state index contributed by atoms with van der Waals surface area (Å²) in [5.74, 6) is 0.0459. The van der Waals surface area contributed by atoms with Gasteiger partial charge in [-0.15, -0.1) is 0 Å². The van der Waals surface area contributed by atoms with Gasteiger partial charge in [0.25, 0.3) is 0 Å². The normalized spacial score (nSPS) is 18.1. The number of rotatable bonds is 5. The van der Waals surface area contributed by atoms with Crippen LogP contribution in [0.3, 0.4) is 0 Å². The monoisotopic (exact) mass is 270 g/mol. The van der Waals surface area contributed by atoms with Crippen molar-refractivity contribution >= 4 is 11.8 Å². The van der Waals surface area contributed by atoms with Crippen molar-refractivity contribution in [1.29, 1.82) is 0 Å². The van der Waals surface area contributed by atoms with E-state index in [1.165, 1.54) is 0 Å². The molecule has 1 aliphatic rings. The number of carbonyl (C=O) groups is 2. The lowest BCUT2D eigenvalue weighted by molar-refractivity contribution is -0.124. The third-order valence-electron chi connectivity index (χ3n) is 3.21. The third-order valence-corrected chi connectivity index (χ3v) is 3.21. The van der Waals surface area contributed by atoms with Crippen LogP contribution in [0.1, 0.15) is 33.1 Å². The average Bonchev–Trinajstić information content (AvgIpc) is 2.29. The van der Waals surface area contributed by atoms with Crippen LogP contribution in [0.5, 0.6) is 0 Å². The van der Waals surface area contributed by atoms with Crippen LogP contribution in [0.2, 0.25) is 0 Å². The lowest BCUT2D eigenvalue weighted by Crippen LogP contribution is -2.48. The molecule has 1 rings (SSSR count). The Morgan fingerprint density at radius 1 is 1.26 bits per heavy atom. The molecular weight excluding hydrogens is 244 g/mol. The minimum Gasteiger partial charge on any atom is -0.358 e. The molecule has 0 saturated carbocycles. The number of nitrogens with two attached hydrogens (primary N) is 1. The van der Waals surface area contributed by atoms with Crippen LogP contribution >= 0.6 is 0 Å². The fraction of sp³-hybridized carbons (Fsp3) is 0.846. The quantitative estimate of drug-likeness (QED) is 0.625. The molecule has 110 valence electrons. The van der Waals surface area contributed by atoms with Crippen molar-refractivity contribution in [3.05, 3.63) is 0 Å². The highest BCUT2D eigenvalue weighted by Crippen LogP contribution is 2.11. The molecule has 0 aromatic heterocycles. The number of likely N-dealkylation sites (N-methyl/N-ethyl adjacent to an activating group) is 1. The summed E-state index contributed by atoms with van der Waals surface area (Å²) in [4.78, 5) is 25.1. The first-order valence-electron chi connectivity index (χ1n) is 6.81. The van der Waals surface area contributed by atoms with Crippen molar-refractivity contribution in [2.45, 2.75) is 44.7 Å². The molecule has 19 heavy (non-hydrogen) atoms. The van der Waals surface area contributed by atoms with Gasteiger partial charge in [0.05, 0.1) is 6.54 Å². The number of hydrogen-bond acceptors (Lipinski definition) is 4. The predicted octanol–water partition coefficient (Wildman–Crippen LogP) is -0.560. The number of hydrogen-bond donors (Lipinski definition) is 3. The summed E-state index contributed by atoms with van der Waals surface area (Å²) in [6, 6.07) is 0.204. The second-order valence-electron chi connectivity index (χ2n) is 5.96. The molecule has 0 aromatic rings. The van der Waals surface area contributed by atoms with Gasteiger partial charge in [0.2, 0.25) is 11.8 Å². The van der Waals surface area contributed by atoms with Gasteiger partial charge in [-0.25, -0.2) is 0 Å². The standard InChI is InChI=1S/C13H26N4O2/c1-13(2,14)8-11(18)16-10-4-6-17(7-5-10)9-12(19)15-3/h10H,4-9,14H2,1-3H3,(H,15,19)(H,16,18). The van der Waals surface area contributed by atoms with Gasteiger partial charge in [0.1, 0.15) is 0 Å². The van der Waals surface area contributed by atoms with Gasteiger partial charge in [0, 0.05) is 38.1 Å². The SMILES string of the molecule is CNC(=O)CN1CCC(NC(=O)CC(C)(C)N)CC1. The molecule has 6 nitrogen and oxygen atoms in total. The second-order valence-corrected chi connectivity index (χ2v) is 5.96. The van der Waals surface area contributed by atoms with Crippen LogP contribution < -0.4 is 16.4 Å². The van der Waals surface area contributed by atoms with Gasteiger partial charge < -0.3 is 16.4 Å². The van der Waals surface area contributed by atoms with Crippen molar-refractivity contribution in [2.75, 3.05) is 26.7 Å². The number of likely N-dealkylation sites (tertiary alicyclic amines) is 1. The van der Waals surface area contributed by atoms with Crippen molar-refractivity contribution in [3.8, 4) is 0 Å². The van der Waals surface area contributed by atoms with Crippen molar-refractivity contribution in [1.82, 2.24) is 15.5 Å². The zero-order valence-electron chi connectivity index (χ0n) is 12.2. The Hall–Kier alpha value is -1.14. The van der Waals surface area contributed by atoms with E-state index in [1.807, 2.05) is 13.8 Å². The number of nitrogens with one attached hydrogen (secondary N) is 2. The summed E-state index contributed by atoms with van der Waals surface area (Å²) >= 11 is 0. The van der Waals surface area contributed by atoms with Crippen LogP contribution in [-0.4, -0.2) is 55.0 Å². The fourth-order valence-electron chi connectivity index (χ4n) is 2.21. The molecule has 4 N–H and O–H groups in total. The minimum absolute atomic E-state index is 0.0113. The number of amides is 2. The maximum absolute atomic E-state index is 11.8. The fourth-order valence-corrected chi connectivity index (χ4v) is 2.21. The van der Waals surface area contributed by atoms with Gasteiger partial charge in [0.15, 0.2) is 0 Å². The lowest BCUT2D eigenvalue weighted by Gasteiger charge is -2.32. The van der Waals surface area contributed by atoms with E-state index in [4.69, 9.17) is 5.73 Å². The first kappa shape index (κ1) is 15.9. The topological polar surface area (TPSA) is 87.5 Å². The molecule has 2 amide bonds. The maximum atomic E-state index is 11.8. The Morgan fingerprint density at radius 2 is 1.84 bits per heavy atom. The number of carbonyl (C=O) groups excluding carboxylic acids is 2. The first-order valence-corrected chi connectivity index (χ1v) is 6.81. The smallest absolute Gasteiger partial charge is 0.233 e. The molecule has 0 radical (unpaired) electrons. The van der Waals surface area contributed by atoms with E-state index in [0.717, 1.165) is 25.9 Å². The highest BCUT2D eigenvalue weighted by molar-refractivity contribution is 5.78. The highest BCUT2D eigenvalue weighted by Gasteiger charge is 2.23. The van der Waals surface area contributed by atoms with E-state index in [9.17, 15) is 9.59 Å². The predicted molar refractivity (Wildman–Crippen MR) is 74.6 cm³/mol. The Labute approximate surface area is 115 Å². The Kier molecular flexibility index (Phi) is 5.75. The van der Waals surface area contributed by atoms with Crippen molar-refractivity contribution in [2.24, 2.45) is 5.73 Å². The van der Waals surface area contributed by atoms with E-state index in [-0.39, 0.29) is 17.9 Å². The molecule has 0 spiro atoms. The van der Waals surface area contributed by atoms with Crippen LogP contribution in [0.15, 0.2) is 0 Å². The molecular formula is C13H26N4O2. The summed E-state index contributed by atoms with van der Waals surface area (Å²) < 4.78 is 0. The van der Waals surface area contributed by atoms with E-state index in [2.05, 4.69) is 15.5 Å². The minimum atomic E-state index is -0.468. The molecule has 6 heteroatoms. The summed E-state index contributed by atoms with van der Waals surface area (Å²) in [5.41, 5.74) is 5.35. The molecule has 1 saturated heterocycles. The number of nitrogens with zero attached hydrogens (tertiary/aromatic N) is 1. The van der Waals surface area contributed by atoms with Crippen LogP contribution in [-0.2, 0) is 9.59 Å². The van der Waals surface area contributed by atoms with Gasteiger partial charge in [-0.3, -0.25) is 14.5 Å². The van der Waals surface area contributed by atoms with E-state index < -0.39 is 5.54 Å². The number of piperidine rings is 1. The average molecular weight is 270 g/mol. The molecule has 0 aromatic carbocycles. The highest BCUT2D eigenvalue weighted by atomic mass is 16.2. The molecule has 1 fully saturated rings. The summed E-state index contributed by atoms with van der Waals surface area (Å²) in [5, 5.41) is 5.63. The maximum Gasteiger partial charge on any atom is 0.233 e. The Balaban J connectivity index is 2.26. The zero-order chi connectivity index (χ0) is 14.5. The third kappa shape index (κ3) is 6.54. The summed E-state index contributed by atoms with van der Waals surface area (Å²) in [6.07, 6.45) is 2.10. The van der Waals surface area contributed by atoms with Crippen LogP contribution in [0, 0.1) is 0 Å². The summed E-state index contributed by atoms with van der Waals surface area (Å²) in [7, 11) is 1.64. The molecule has 0 unspecified atom stereocenters. The largest absolute Gasteiger partial charge is 0.358 e. The van der Waals surface area contributed by atoms with E-state index in [0.29, 0.717) is 13.0 Å². The van der Waals surface area contributed by atoms with Gasteiger partial charge in [-0.2, -0.15) is 0 Å². The Morgan fingerprint density at radius 3 is 2.32 bits per heavy atom. The van der Waals surface area contributed by atoms with E-state index >= 15 is 0 Å². The van der Waals surface area contributed by atoms with Crippen molar-refractivity contribution < 1.29 is 9.59 Å². The van der Waals surface area contributed by atoms with Gasteiger partial charge >= 0.3 is 0 Å². The first-order chi connectivity index (χ1) is 8.80. The molecule has 0 atom stereocenters. The zero-order valence-corrected chi connectivity index (χ0v) is 12.2. The van der Waals surface area contributed by atoms with Crippen LogP contribution in [0.25, 0.3) is 0 Å². The van der Waals surface area contributed by atoms with Crippen molar-refractivity contribution in [3.63, 3.8) is 0 Å². The summed E-state index contributed by atoms with van der Waals surface area (Å²) in [6.45, 7) is 5.80. The molecule has 0 bridgehead atoms. The molecule has 1 aliphatic heterocycles.